The Morgan fingerprint density at radius 3 is 1.19 bits per heavy atom. The minimum atomic E-state index is -0.392. The third-order valence-electron chi connectivity index (χ3n) is 3.46. The van der Waals surface area contributed by atoms with Gasteiger partial charge in [-0.2, -0.15) is 0 Å². The first-order chi connectivity index (χ1) is 11.0. The molecule has 0 heterocycles. The maximum Gasteiger partial charge on any atom is 0.126 e. The number of halogens is 2. The second kappa shape index (κ2) is 16.3. The minimum absolute atomic E-state index is 0. The molecule has 6 nitrogen and oxygen atoms in total. The molecule has 0 aliphatic rings. The molecule has 0 fully saturated rings. The first-order valence-corrected chi connectivity index (χ1v) is 9.12. The highest BCUT2D eigenvalue weighted by atomic mass is 35.5. The van der Waals surface area contributed by atoms with Crippen LogP contribution in [0.1, 0.15) is 25.7 Å². The normalized spacial score (nSPS) is 14.3. The average Bonchev–Trinajstić information content (AvgIpc) is 2.36. The Morgan fingerprint density at radius 1 is 0.615 bits per heavy atom. The van der Waals surface area contributed by atoms with Crippen LogP contribution in [0.15, 0.2) is 0 Å². The molecular weight excluding hydrogens is 379 g/mol. The van der Waals surface area contributed by atoms with Gasteiger partial charge >= 0.3 is 0 Å². The number of rotatable bonds is 15. The second-order valence-electron chi connectivity index (χ2n) is 8.82. The zero-order valence-electron chi connectivity index (χ0n) is 17.6. The Bertz CT molecular complexity index is 281. The number of ether oxygens (including phenoxy) is 2. The summed E-state index contributed by atoms with van der Waals surface area (Å²) in [6, 6.07) is 0. The summed E-state index contributed by atoms with van der Waals surface area (Å²) in [5.74, 6) is 0. The summed E-state index contributed by atoms with van der Waals surface area (Å²) in [5, 5.41) is 19.6. The molecule has 0 radical (unpaired) electrons. The van der Waals surface area contributed by atoms with Gasteiger partial charge in [-0.15, -0.1) is 0 Å². The summed E-state index contributed by atoms with van der Waals surface area (Å²) in [4.78, 5) is 0. The minimum Gasteiger partial charge on any atom is -1.00 e. The van der Waals surface area contributed by atoms with Crippen LogP contribution in [0.3, 0.4) is 0 Å². The van der Waals surface area contributed by atoms with Crippen LogP contribution in [-0.4, -0.2) is 113 Å². The van der Waals surface area contributed by atoms with E-state index >= 15 is 0 Å². The first kappa shape index (κ1) is 31.0. The van der Waals surface area contributed by atoms with Crippen LogP contribution in [0.25, 0.3) is 0 Å². The smallest absolute Gasteiger partial charge is 0.126 e. The van der Waals surface area contributed by atoms with Gasteiger partial charge in [-0.3, -0.25) is 0 Å². The van der Waals surface area contributed by atoms with E-state index in [1.165, 1.54) is 0 Å². The number of likely N-dealkylation sites (N-methyl/N-ethyl adjacent to an activating group) is 2. The lowest BCUT2D eigenvalue weighted by Gasteiger charge is -2.26. The lowest BCUT2D eigenvalue weighted by atomic mass is 10.2. The molecule has 0 aliphatic heterocycles. The van der Waals surface area contributed by atoms with Gasteiger partial charge in [0.15, 0.2) is 0 Å². The third kappa shape index (κ3) is 24.3. The Kier molecular flexibility index (Phi) is 19.5. The summed E-state index contributed by atoms with van der Waals surface area (Å²) in [7, 11) is 12.4. The first-order valence-electron chi connectivity index (χ1n) is 9.12. The number of aliphatic hydroxyl groups is 2. The molecule has 0 saturated heterocycles. The number of hydrogen-bond donors (Lipinski definition) is 2. The van der Waals surface area contributed by atoms with E-state index in [9.17, 15) is 10.2 Å². The van der Waals surface area contributed by atoms with Gasteiger partial charge in [0.25, 0.3) is 0 Å². The highest BCUT2D eigenvalue weighted by Crippen LogP contribution is 2.03. The maximum atomic E-state index is 9.82. The summed E-state index contributed by atoms with van der Waals surface area (Å²) in [6.45, 7) is 3.66. The zero-order chi connectivity index (χ0) is 18.6. The lowest BCUT2D eigenvalue weighted by molar-refractivity contribution is -0.873. The molecule has 0 aromatic rings. The van der Waals surface area contributed by atoms with Crippen LogP contribution in [0.4, 0.5) is 0 Å². The van der Waals surface area contributed by atoms with E-state index < -0.39 is 12.2 Å². The molecule has 0 aromatic heterocycles. The molecule has 0 aromatic carbocycles. The van der Waals surface area contributed by atoms with Gasteiger partial charge < -0.3 is 53.5 Å². The maximum absolute atomic E-state index is 9.82. The van der Waals surface area contributed by atoms with Crippen molar-refractivity contribution in [1.82, 2.24) is 0 Å². The van der Waals surface area contributed by atoms with Gasteiger partial charge in [-0.1, -0.05) is 12.8 Å². The molecule has 0 rings (SSSR count). The molecule has 0 spiro atoms. The van der Waals surface area contributed by atoms with Crippen LogP contribution < -0.4 is 24.8 Å². The van der Waals surface area contributed by atoms with Crippen LogP contribution in [0, 0.1) is 0 Å². The van der Waals surface area contributed by atoms with Gasteiger partial charge in [-0.05, 0) is 12.8 Å². The molecular formula is C18H42Cl2N2O4. The van der Waals surface area contributed by atoms with Gasteiger partial charge in [0.2, 0.25) is 0 Å². The molecule has 8 heteroatoms. The number of quaternary nitrogens is 2. The second-order valence-corrected chi connectivity index (χ2v) is 8.82. The van der Waals surface area contributed by atoms with E-state index in [1.54, 1.807) is 0 Å². The fourth-order valence-corrected chi connectivity index (χ4v) is 2.57. The molecule has 0 amide bonds. The van der Waals surface area contributed by atoms with Crippen molar-refractivity contribution in [3.8, 4) is 0 Å². The molecule has 26 heavy (non-hydrogen) atoms. The van der Waals surface area contributed by atoms with Gasteiger partial charge in [-0.25, -0.2) is 0 Å². The highest BCUT2D eigenvalue weighted by molar-refractivity contribution is 4.53. The molecule has 162 valence electrons. The third-order valence-corrected chi connectivity index (χ3v) is 3.46. The molecule has 0 aliphatic carbocycles. The SMILES string of the molecule is C[N+](C)(C)CC(O)COCCCCCCOCC(O)C[N+](C)(C)C.[Cl-].[Cl-]. The zero-order valence-corrected chi connectivity index (χ0v) is 19.1. The van der Waals surface area contributed by atoms with E-state index in [0.717, 1.165) is 34.6 Å². The fourth-order valence-electron chi connectivity index (χ4n) is 2.57. The van der Waals surface area contributed by atoms with Crippen LogP contribution in [0.5, 0.6) is 0 Å². The van der Waals surface area contributed by atoms with Crippen LogP contribution in [-0.2, 0) is 9.47 Å². The molecule has 0 saturated carbocycles. The number of nitrogens with zero attached hydrogens (tertiary/aromatic N) is 2. The van der Waals surface area contributed by atoms with Crippen molar-refractivity contribution < 1.29 is 53.5 Å². The van der Waals surface area contributed by atoms with Crippen molar-refractivity contribution in [3.63, 3.8) is 0 Å². The fraction of sp³-hybridized carbons (Fsp3) is 1.00. The molecule has 2 unspecified atom stereocenters. The van der Waals surface area contributed by atoms with Crippen LogP contribution in [0.2, 0.25) is 0 Å². The summed E-state index contributed by atoms with van der Waals surface area (Å²) < 4.78 is 12.5. The summed E-state index contributed by atoms with van der Waals surface area (Å²) in [6.07, 6.45) is 3.46. The van der Waals surface area contributed by atoms with Gasteiger partial charge in [0.05, 0.1) is 55.5 Å². The van der Waals surface area contributed by atoms with E-state index in [2.05, 4.69) is 42.3 Å². The number of aliphatic hydroxyl groups excluding tert-OH is 2. The molecule has 2 atom stereocenters. The largest absolute Gasteiger partial charge is 1.00 e. The van der Waals surface area contributed by atoms with Crippen molar-refractivity contribution in [2.24, 2.45) is 0 Å². The van der Waals surface area contributed by atoms with Crippen molar-refractivity contribution in [2.45, 2.75) is 37.9 Å². The Balaban J connectivity index is -0.00000264. The average molecular weight is 421 g/mol. The van der Waals surface area contributed by atoms with E-state index in [4.69, 9.17) is 9.47 Å². The standard InChI is InChI=1S/C18H42N2O4.2ClH/c1-19(2,3)13-17(21)15-23-11-9-7-8-10-12-24-16-18(22)14-20(4,5)6;;/h17-18,21-22H,7-16H2,1-6H3;2*1H/q+2;;/p-2. The van der Waals surface area contributed by atoms with Crippen molar-refractivity contribution >= 4 is 0 Å². The quantitative estimate of drug-likeness (QED) is 0.205. The van der Waals surface area contributed by atoms with Crippen molar-refractivity contribution in [2.75, 3.05) is 81.8 Å². The lowest BCUT2D eigenvalue weighted by Crippen LogP contribution is -3.00. The predicted molar refractivity (Wildman–Crippen MR) is 97.9 cm³/mol. The van der Waals surface area contributed by atoms with Crippen LogP contribution >= 0.6 is 0 Å². The monoisotopic (exact) mass is 420 g/mol. The Morgan fingerprint density at radius 2 is 0.923 bits per heavy atom. The molecule has 0 bridgehead atoms. The topological polar surface area (TPSA) is 58.9 Å². The van der Waals surface area contributed by atoms with E-state index in [1.807, 2.05) is 0 Å². The highest BCUT2D eigenvalue weighted by Gasteiger charge is 2.16. The van der Waals surface area contributed by atoms with Crippen molar-refractivity contribution in [1.29, 1.82) is 0 Å². The number of hydrogen-bond acceptors (Lipinski definition) is 4. The van der Waals surface area contributed by atoms with Gasteiger partial charge in [0.1, 0.15) is 25.3 Å². The summed E-state index contributed by atoms with van der Waals surface area (Å²) in [5.41, 5.74) is 0. The Hall–Kier alpha value is 0.340. The van der Waals surface area contributed by atoms with E-state index in [-0.39, 0.29) is 24.8 Å². The van der Waals surface area contributed by atoms with E-state index in [0.29, 0.717) is 39.5 Å². The predicted octanol–water partition coefficient (Wildman–Crippen LogP) is -5.28. The van der Waals surface area contributed by atoms with Crippen molar-refractivity contribution in [3.05, 3.63) is 0 Å². The molecule has 2 N–H and O–H groups in total. The Labute approximate surface area is 173 Å². The van der Waals surface area contributed by atoms with Gasteiger partial charge in [0, 0.05) is 13.2 Å². The summed E-state index contributed by atoms with van der Waals surface area (Å²) >= 11 is 0. The number of unbranched alkanes of at least 4 members (excludes halogenated alkanes) is 3.